The summed E-state index contributed by atoms with van der Waals surface area (Å²) in [6, 6.07) is 7.78. The average molecular weight is 436 g/mol. The number of hydrogen-bond acceptors (Lipinski definition) is 4. The third-order valence-electron chi connectivity index (χ3n) is 2.71. The Morgan fingerprint density at radius 3 is 2.43 bits per heavy atom. The van der Waals surface area contributed by atoms with Crippen LogP contribution in [0.4, 0.5) is 11.4 Å². The first kappa shape index (κ1) is 16.1. The van der Waals surface area contributed by atoms with Gasteiger partial charge in [-0.25, -0.2) is 0 Å². The predicted molar refractivity (Wildman–Crippen MR) is 88.9 cm³/mol. The summed E-state index contributed by atoms with van der Waals surface area (Å²) in [5.74, 6) is 0.104. The van der Waals surface area contributed by atoms with Crippen molar-refractivity contribution in [2.75, 3.05) is 5.32 Å². The number of phenols is 1. The number of nitrogens with one attached hydrogen (secondary N) is 1. The van der Waals surface area contributed by atoms with Crippen molar-refractivity contribution in [2.24, 2.45) is 0 Å². The first-order valence-corrected chi connectivity index (χ1v) is 7.69. The molecule has 2 aromatic rings. The molecule has 0 aliphatic rings. The van der Waals surface area contributed by atoms with E-state index in [2.05, 4.69) is 37.2 Å². The van der Waals surface area contributed by atoms with Gasteiger partial charge in [0, 0.05) is 17.6 Å². The van der Waals surface area contributed by atoms with Crippen molar-refractivity contribution in [1.29, 1.82) is 0 Å². The molecule has 0 saturated heterocycles. The Morgan fingerprint density at radius 1 is 1.24 bits per heavy atom. The first-order chi connectivity index (χ1) is 9.88. The molecular formula is C13H9Br2ClN2O3. The zero-order valence-corrected chi connectivity index (χ0v) is 14.4. The van der Waals surface area contributed by atoms with Crippen LogP contribution in [0.25, 0.3) is 0 Å². The molecule has 0 aromatic heterocycles. The molecule has 0 aliphatic carbocycles. The zero-order chi connectivity index (χ0) is 15.6. The second kappa shape index (κ2) is 6.64. The van der Waals surface area contributed by atoms with Crippen LogP contribution in [0.3, 0.4) is 0 Å². The number of anilines is 1. The van der Waals surface area contributed by atoms with Crippen molar-refractivity contribution in [3.63, 3.8) is 0 Å². The lowest BCUT2D eigenvalue weighted by molar-refractivity contribution is -0.384. The fourth-order valence-corrected chi connectivity index (χ4v) is 3.18. The predicted octanol–water partition coefficient (Wildman–Crippen LogP) is 5.09. The maximum atomic E-state index is 11.0. The lowest BCUT2D eigenvalue weighted by atomic mass is 10.2. The number of halogens is 3. The van der Waals surface area contributed by atoms with Crippen LogP contribution >= 0.6 is 43.5 Å². The highest BCUT2D eigenvalue weighted by atomic mass is 79.9. The van der Waals surface area contributed by atoms with Crippen molar-refractivity contribution in [2.45, 2.75) is 6.54 Å². The second-order valence-electron chi connectivity index (χ2n) is 4.18. The molecule has 0 radical (unpaired) electrons. The minimum atomic E-state index is -0.471. The molecule has 0 saturated carbocycles. The maximum absolute atomic E-state index is 11.0. The molecule has 110 valence electrons. The van der Waals surface area contributed by atoms with Gasteiger partial charge in [-0.15, -0.1) is 0 Å². The number of aromatic hydroxyl groups is 1. The highest BCUT2D eigenvalue weighted by molar-refractivity contribution is 9.11. The van der Waals surface area contributed by atoms with Gasteiger partial charge in [0.05, 0.1) is 13.9 Å². The van der Waals surface area contributed by atoms with E-state index in [0.717, 1.165) is 5.56 Å². The standard InChI is InChI=1S/C13H9Br2ClN2O3/c14-9-3-7(4-10(15)13(9)19)6-17-11-5-8(16)1-2-12(11)18(20)21/h1-5,17,19H,6H2. The highest BCUT2D eigenvalue weighted by Gasteiger charge is 2.14. The molecule has 0 amide bonds. The van der Waals surface area contributed by atoms with Crippen LogP contribution in [0, 0.1) is 10.1 Å². The van der Waals surface area contributed by atoms with Gasteiger partial charge in [-0.2, -0.15) is 0 Å². The van der Waals surface area contributed by atoms with Crippen LogP contribution in [-0.4, -0.2) is 10.0 Å². The van der Waals surface area contributed by atoms with Crippen LogP contribution < -0.4 is 5.32 Å². The molecule has 0 atom stereocenters. The quantitative estimate of drug-likeness (QED) is 0.517. The fourth-order valence-electron chi connectivity index (χ4n) is 1.73. The molecule has 0 unspecified atom stereocenters. The lowest BCUT2D eigenvalue weighted by Gasteiger charge is -2.09. The molecule has 0 aliphatic heterocycles. The molecule has 0 bridgehead atoms. The summed E-state index contributed by atoms with van der Waals surface area (Å²) in [4.78, 5) is 10.5. The Labute approximate surface area is 142 Å². The number of benzene rings is 2. The zero-order valence-electron chi connectivity index (χ0n) is 10.4. The third-order valence-corrected chi connectivity index (χ3v) is 4.16. The van der Waals surface area contributed by atoms with E-state index in [4.69, 9.17) is 11.6 Å². The van der Waals surface area contributed by atoms with E-state index in [9.17, 15) is 15.2 Å². The van der Waals surface area contributed by atoms with Gasteiger partial charge in [0.2, 0.25) is 0 Å². The SMILES string of the molecule is O=[N+]([O-])c1ccc(Cl)cc1NCc1cc(Br)c(O)c(Br)c1. The molecule has 8 heteroatoms. The molecule has 0 fully saturated rings. The summed E-state index contributed by atoms with van der Waals surface area (Å²) in [6.07, 6.45) is 0. The van der Waals surface area contributed by atoms with Crippen molar-refractivity contribution in [3.05, 3.63) is 60.0 Å². The minimum Gasteiger partial charge on any atom is -0.506 e. The van der Waals surface area contributed by atoms with Gasteiger partial charge in [0.1, 0.15) is 11.4 Å². The highest BCUT2D eigenvalue weighted by Crippen LogP contribution is 2.34. The van der Waals surface area contributed by atoms with E-state index < -0.39 is 4.92 Å². The Balaban J connectivity index is 2.24. The molecule has 2 rings (SSSR count). The van der Waals surface area contributed by atoms with Crippen LogP contribution in [0.5, 0.6) is 5.75 Å². The van der Waals surface area contributed by atoms with Gasteiger partial charge in [0.25, 0.3) is 5.69 Å². The third kappa shape index (κ3) is 3.87. The van der Waals surface area contributed by atoms with E-state index in [1.807, 2.05) is 0 Å². The normalized spacial score (nSPS) is 10.4. The van der Waals surface area contributed by atoms with E-state index in [0.29, 0.717) is 26.2 Å². The minimum absolute atomic E-state index is 0.0451. The van der Waals surface area contributed by atoms with E-state index >= 15 is 0 Å². The number of nitro groups is 1. The number of phenolic OH excluding ortho intramolecular Hbond substituents is 1. The Kier molecular flexibility index (Phi) is 5.08. The number of nitro benzene ring substituents is 1. The molecule has 0 spiro atoms. The second-order valence-corrected chi connectivity index (χ2v) is 6.33. The first-order valence-electron chi connectivity index (χ1n) is 5.73. The van der Waals surface area contributed by atoms with Crippen molar-refractivity contribution < 1.29 is 10.0 Å². The summed E-state index contributed by atoms with van der Waals surface area (Å²) >= 11 is 12.3. The smallest absolute Gasteiger partial charge is 0.292 e. The molecule has 2 N–H and O–H groups in total. The monoisotopic (exact) mass is 434 g/mol. The largest absolute Gasteiger partial charge is 0.506 e. The topological polar surface area (TPSA) is 75.4 Å². The molecule has 2 aromatic carbocycles. The van der Waals surface area contributed by atoms with Gasteiger partial charge >= 0.3 is 0 Å². The molecule has 0 heterocycles. The van der Waals surface area contributed by atoms with Crippen LogP contribution in [0.15, 0.2) is 39.3 Å². The Bertz CT molecular complexity index is 687. The fraction of sp³-hybridized carbons (Fsp3) is 0.0769. The lowest BCUT2D eigenvalue weighted by Crippen LogP contribution is -2.03. The van der Waals surface area contributed by atoms with Gasteiger partial charge in [-0.3, -0.25) is 10.1 Å². The van der Waals surface area contributed by atoms with Crippen molar-refractivity contribution in [1.82, 2.24) is 0 Å². The summed E-state index contributed by atoms with van der Waals surface area (Å²) in [5, 5.41) is 24.0. The molecule has 5 nitrogen and oxygen atoms in total. The number of nitrogens with zero attached hydrogens (tertiary/aromatic N) is 1. The summed E-state index contributed by atoms with van der Waals surface area (Å²) in [7, 11) is 0. The van der Waals surface area contributed by atoms with Crippen LogP contribution in [-0.2, 0) is 6.54 Å². The van der Waals surface area contributed by atoms with Gasteiger partial charge in [-0.05, 0) is 61.7 Å². The van der Waals surface area contributed by atoms with Crippen molar-refractivity contribution >= 4 is 54.8 Å². The van der Waals surface area contributed by atoms with Crippen LogP contribution in [0.1, 0.15) is 5.56 Å². The molecular weight excluding hydrogens is 427 g/mol. The number of hydrogen-bond donors (Lipinski definition) is 2. The average Bonchev–Trinajstić information content (AvgIpc) is 2.42. The maximum Gasteiger partial charge on any atom is 0.292 e. The summed E-state index contributed by atoms with van der Waals surface area (Å²) in [5.41, 5.74) is 1.13. The van der Waals surface area contributed by atoms with Crippen molar-refractivity contribution in [3.8, 4) is 5.75 Å². The van der Waals surface area contributed by atoms with Crippen LogP contribution in [0.2, 0.25) is 5.02 Å². The van der Waals surface area contributed by atoms with E-state index in [1.165, 1.54) is 18.2 Å². The van der Waals surface area contributed by atoms with Gasteiger partial charge in [0.15, 0.2) is 0 Å². The van der Waals surface area contributed by atoms with E-state index in [1.54, 1.807) is 12.1 Å². The van der Waals surface area contributed by atoms with Gasteiger partial charge < -0.3 is 10.4 Å². The molecule has 21 heavy (non-hydrogen) atoms. The van der Waals surface area contributed by atoms with Gasteiger partial charge in [-0.1, -0.05) is 11.6 Å². The van der Waals surface area contributed by atoms with E-state index in [-0.39, 0.29) is 11.4 Å². The Morgan fingerprint density at radius 2 is 1.86 bits per heavy atom. The summed E-state index contributed by atoms with van der Waals surface area (Å²) in [6.45, 7) is 0.346. The number of rotatable bonds is 4. The summed E-state index contributed by atoms with van der Waals surface area (Å²) < 4.78 is 1.07. The Hall–Kier alpha value is -1.31.